The molecule has 2 rings (SSSR count). The second-order valence-electron chi connectivity index (χ2n) is 3.90. The Morgan fingerprint density at radius 3 is 2.80 bits per heavy atom. The highest BCUT2D eigenvalue weighted by molar-refractivity contribution is 9.10. The highest BCUT2D eigenvalue weighted by Crippen LogP contribution is 2.35. The summed E-state index contributed by atoms with van der Waals surface area (Å²) in [6, 6.07) is 10.1. The first kappa shape index (κ1) is 14.3. The van der Waals surface area contributed by atoms with E-state index in [-0.39, 0.29) is 18.0 Å². The lowest BCUT2D eigenvalue weighted by atomic mass is 10.3. The molecular weight excluding hydrogens is 326 g/mol. The van der Waals surface area contributed by atoms with E-state index in [9.17, 15) is 10.1 Å². The third-order valence-electron chi connectivity index (χ3n) is 2.57. The van der Waals surface area contributed by atoms with Crippen LogP contribution in [0.15, 0.2) is 40.9 Å². The van der Waals surface area contributed by atoms with Gasteiger partial charge in [-0.1, -0.05) is 12.1 Å². The Kier molecular flexibility index (Phi) is 4.52. The van der Waals surface area contributed by atoms with Crippen molar-refractivity contribution in [3.8, 4) is 5.75 Å². The van der Waals surface area contributed by atoms with Gasteiger partial charge in [0.2, 0.25) is 5.75 Å². The summed E-state index contributed by atoms with van der Waals surface area (Å²) >= 11 is 3.25. The van der Waals surface area contributed by atoms with E-state index in [2.05, 4.69) is 26.2 Å². The molecule has 0 saturated heterocycles. The molecule has 1 N–H and O–H groups in total. The second kappa shape index (κ2) is 6.33. The Balaban J connectivity index is 2.20. The van der Waals surface area contributed by atoms with Crippen LogP contribution in [0.1, 0.15) is 5.69 Å². The van der Waals surface area contributed by atoms with Crippen LogP contribution in [0.25, 0.3) is 0 Å². The Labute approximate surface area is 124 Å². The zero-order chi connectivity index (χ0) is 14.5. The summed E-state index contributed by atoms with van der Waals surface area (Å²) in [4.78, 5) is 14.8. The van der Waals surface area contributed by atoms with Crippen molar-refractivity contribution in [2.75, 3.05) is 12.4 Å². The molecule has 0 spiro atoms. The first-order chi connectivity index (χ1) is 9.61. The van der Waals surface area contributed by atoms with Crippen molar-refractivity contribution in [2.45, 2.75) is 6.61 Å². The smallest absolute Gasteiger partial charge is 0.312 e. The second-order valence-corrected chi connectivity index (χ2v) is 4.75. The molecule has 1 aromatic heterocycles. The number of nitrogens with one attached hydrogen (secondary N) is 1. The normalized spacial score (nSPS) is 10.1. The van der Waals surface area contributed by atoms with Crippen molar-refractivity contribution >= 4 is 27.4 Å². The number of halogens is 1. The summed E-state index contributed by atoms with van der Waals surface area (Å²) in [7, 11) is 1.77. The van der Waals surface area contributed by atoms with Gasteiger partial charge < -0.3 is 10.1 Å². The summed E-state index contributed by atoms with van der Waals surface area (Å²) in [5.74, 6) is 0.918. The molecule has 0 aliphatic heterocycles. The maximum absolute atomic E-state index is 11.0. The number of benzene rings is 1. The van der Waals surface area contributed by atoms with Crippen LogP contribution < -0.4 is 10.1 Å². The Morgan fingerprint density at radius 1 is 1.35 bits per heavy atom. The van der Waals surface area contributed by atoms with Gasteiger partial charge in [-0.3, -0.25) is 10.1 Å². The molecule has 0 radical (unpaired) electrons. The number of pyridine rings is 1. The molecule has 104 valence electrons. The van der Waals surface area contributed by atoms with E-state index >= 15 is 0 Å². The minimum Gasteiger partial charge on any atom is -0.480 e. The third kappa shape index (κ3) is 3.24. The predicted octanol–water partition coefficient (Wildman–Crippen LogP) is 3.37. The van der Waals surface area contributed by atoms with Crippen LogP contribution in [-0.4, -0.2) is 17.0 Å². The van der Waals surface area contributed by atoms with Gasteiger partial charge in [0.05, 0.1) is 15.1 Å². The summed E-state index contributed by atoms with van der Waals surface area (Å²) in [5.41, 5.74) is 0.603. The van der Waals surface area contributed by atoms with Crippen LogP contribution in [0.5, 0.6) is 5.75 Å². The number of hydrogen-bond donors (Lipinski definition) is 1. The van der Waals surface area contributed by atoms with Gasteiger partial charge in [-0.15, -0.1) is 0 Å². The number of nitro groups is 1. The van der Waals surface area contributed by atoms with Crippen molar-refractivity contribution in [2.24, 2.45) is 0 Å². The van der Waals surface area contributed by atoms with E-state index in [1.807, 2.05) is 12.1 Å². The van der Waals surface area contributed by atoms with Gasteiger partial charge in [-0.05, 0) is 34.1 Å². The van der Waals surface area contributed by atoms with Crippen LogP contribution in [0.3, 0.4) is 0 Å². The molecular formula is C13H12BrN3O3. The maximum Gasteiger partial charge on any atom is 0.312 e. The highest BCUT2D eigenvalue weighted by atomic mass is 79.9. The van der Waals surface area contributed by atoms with Gasteiger partial charge in [0.15, 0.2) is 0 Å². The monoisotopic (exact) mass is 337 g/mol. The van der Waals surface area contributed by atoms with Crippen molar-refractivity contribution in [3.05, 3.63) is 56.7 Å². The molecule has 0 atom stereocenters. The van der Waals surface area contributed by atoms with Crippen molar-refractivity contribution < 1.29 is 9.66 Å². The third-order valence-corrected chi connectivity index (χ3v) is 3.19. The fraction of sp³-hybridized carbons (Fsp3) is 0.154. The topological polar surface area (TPSA) is 77.3 Å². The minimum atomic E-state index is -0.475. The van der Waals surface area contributed by atoms with E-state index in [0.29, 0.717) is 16.0 Å². The Morgan fingerprint density at radius 2 is 2.10 bits per heavy atom. The largest absolute Gasteiger partial charge is 0.480 e. The first-order valence-corrected chi connectivity index (χ1v) is 6.60. The number of hydrogen-bond acceptors (Lipinski definition) is 5. The lowest BCUT2D eigenvalue weighted by Crippen LogP contribution is -2.03. The molecule has 0 aliphatic carbocycles. The minimum absolute atomic E-state index is 0.0795. The van der Waals surface area contributed by atoms with E-state index in [1.165, 1.54) is 6.07 Å². The van der Waals surface area contributed by atoms with E-state index in [1.54, 1.807) is 25.2 Å². The van der Waals surface area contributed by atoms with Gasteiger partial charge in [0.25, 0.3) is 0 Å². The Bertz CT molecular complexity index is 634. The van der Waals surface area contributed by atoms with Crippen LogP contribution in [0, 0.1) is 10.1 Å². The zero-order valence-electron chi connectivity index (χ0n) is 10.7. The van der Waals surface area contributed by atoms with E-state index in [0.717, 1.165) is 0 Å². The van der Waals surface area contributed by atoms with Crippen molar-refractivity contribution in [3.63, 3.8) is 0 Å². The number of anilines is 1. The SMILES string of the molecule is CNc1cccc(COc2c(Br)cccc2[N+](=O)[O-])n1. The maximum atomic E-state index is 11.0. The molecule has 0 bridgehead atoms. The predicted molar refractivity (Wildman–Crippen MR) is 78.9 cm³/mol. The van der Waals surface area contributed by atoms with Crippen molar-refractivity contribution in [1.29, 1.82) is 0 Å². The first-order valence-electron chi connectivity index (χ1n) is 5.81. The van der Waals surface area contributed by atoms with Crippen molar-refractivity contribution in [1.82, 2.24) is 4.98 Å². The number of ether oxygens (including phenoxy) is 1. The number of aromatic nitrogens is 1. The lowest BCUT2D eigenvalue weighted by Gasteiger charge is -2.09. The van der Waals surface area contributed by atoms with Gasteiger partial charge in [-0.2, -0.15) is 0 Å². The summed E-state index contributed by atoms with van der Waals surface area (Å²) < 4.78 is 6.07. The Hall–Kier alpha value is -2.15. The van der Waals surface area contributed by atoms with Crippen LogP contribution >= 0.6 is 15.9 Å². The zero-order valence-corrected chi connectivity index (χ0v) is 12.3. The fourth-order valence-electron chi connectivity index (χ4n) is 1.63. The molecule has 0 amide bonds. The van der Waals surface area contributed by atoms with Gasteiger partial charge in [-0.25, -0.2) is 4.98 Å². The average molecular weight is 338 g/mol. The number of nitrogens with zero attached hydrogens (tertiary/aromatic N) is 2. The molecule has 0 fully saturated rings. The quantitative estimate of drug-likeness (QED) is 0.668. The number of rotatable bonds is 5. The van der Waals surface area contributed by atoms with Crippen LogP contribution in [-0.2, 0) is 6.61 Å². The van der Waals surface area contributed by atoms with Gasteiger partial charge in [0.1, 0.15) is 12.4 Å². The van der Waals surface area contributed by atoms with E-state index < -0.39 is 4.92 Å². The molecule has 0 unspecified atom stereocenters. The number of nitro benzene ring substituents is 1. The summed E-state index contributed by atoms with van der Waals surface area (Å²) in [6.45, 7) is 0.152. The molecule has 2 aromatic rings. The lowest BCUT2D eigenvalue weighted by molar-refractivity contribution is -0.386. The molecule has 0 aliphatic rings. The fourth-order valence-corrected chi connectivity index (χ4v) is 2.10. The van der Waals surface area contributed by atoms with Gasteiger partial charge in [0, 0.05) is 13.1 Å². The highest BCUT2D eigenvalue weighted by Gasteiger charge is 2.18. The van der Waals surface area contributed by atoms with Gasteiger partial charge >= 0.3 is 5.69 Å². The molecule has 20 heavy (non-hydrogen) atoms. The molecule has 1 heterocycles. The summed E-state index contributed by atoms with van der Waals surface area (Å²) in [5, 5.41) is 13.9. The van der Waals surface area contributed by atoms with E-state index in [4.69, 9.17) is 4.74 Å². The average Bonchev–Trinajstić information content (AvgIpc) is 2.45. The molecule has 7 heteroatoms. The number of para-hydroxylation sites is 1. The van der Waals surface area contributed by atoms with Crippen LogP contribution in [0.4, 0.5) is 11.5 Å². The molecule has 1 aromatic carbocycles. The standard InChI is InChI=1S/C13H12BrN3O3/c1-15-12-7-2-4-9(16-12)8-20-13-10(14)5-3-6-11(13)17(18)19/h2-7H,8H2,1H3,(H,15,16). The molecule has 6 nitrogen and oxygen atoms in total. The summed E-state index contributed by atoms with van der Waals surface area (Å²) in [6.07, 6.45) is 0. The van der Waals surface area contributed by atoms with Crippen LogP contribution in [0.2, 0.25) is 0 Å². The molecule has 0 saturated carbocycles.